The minimum Gasteiger partial charge on any atom is -0.512 e. The molecule has 1 aromatic carbocycles. The van der Waals surface area contributed by atoms with Crippen LogP contribution in [0.5, 0.6) is 0 Å². The van der Waals surface area contributed by atoms with E-state index in [1.165, 1.54) is 5.56 Å². The van der Waals surface area contributed by atoms with E-state index in [1.807, 2.05) is 36.4 Å². The fourth-order valence-electron chi connectivity index (χ4n) is 1.46. The molecule has 1 aliphatic carbocycles. The largest absolute Gasteiger partial charge is 0.512 e. The highest BCUT2D eigenvalue weighted by molar-refractivity contribution is 5.74. The van der Waals surface area contributed by atoms with E-state index in [0.29, 0.717) is 12.2 Å². The van der Waals surface area contributed by atoms with Gasteiger partial charge in [0.2, 0.25) is 0 Å². The van der Waals surface area contributed by atoms with Gasteiger partial charge < -0.3 is 5.11 Å². The molecule has 0 aliphatic heterocycles. The first-order chi connectivity index (χ1) is 6.86. The maximum atomic E-state index is 9.32. The van der Waals surface area contributed by atoms with Gasteiger partial charge in [-0.15, -0.1) is 0 Å². The number of rotatable bonds is 1. The van der Waals surface area contributed by atoms with Gasteiger partial charge in [-0.25, -0.2) is 0 Å². The topological polar surface area (TPSA) is 20.2 Å². The summed E-state index contributed by atoms with van der Waals surface area (Å²) in [6.45, 7) is 0. The van der Waals surface area contributed by atoms with Crippen LogP contribution in [0.1, 0.15) is 12.0 Å². The normalized spacial score (nSPS) is 15.7. The molecule has 1 nitrogen and oxygen atoms in total. The number of aliphatic hydroxyl groups is 1. The minimum atomic E-state index is 0.409. The van der Waals surface area contributed by atoms with E-state index in [1.54, 1.807) is 6.08 Å². The summed E-state index contributed by atoms with van der Waals surface area (Å²) in [5.41, 5.74) is 2.35. The van der Waals surface area contributed by atoms with E-state index in [9.17, 15) is 5.11 Å². The highest BCUT2D eigenvalue weighted by atomic mass is 16.3. The van der Waals surface area contributed by atoms with E-state index in [4.69, 9.17) is 0 Å². The highest BCUT2D eigenvalue weighted by Gasteiger charge is 1.99. The lowest BCUT2D eigenvalue weighted by Gasteiger charge is -2.00. The Hall–Kier alpha value is -1.76. The third-order valence-corrected chi connectivity index (χ3v) is 2.20. The summed E-state index contributed by atoms with van der Waals surface area (Å²) in [6.07, 6.45) is 8.26. The van der Waals surface area contributed by atoms with Gasteiger partial charge in [0.1, 0.15) is 0 Å². The van der Waals surface area contributed by atoms with E-state index in [0.717, 1.165) is 5.57 Å². The van der Waals surface area contributed by atoms with Crippen molar-refractivity contribution in [3.05, 3.63) is 66.0 Å². The molecule has 0 amide bonds. The second-order valence-electron chi connectivity index (χ2n) is 3.25. The molecule has 2 rings (SSSR count). The Morgan fingerprint density at radius 2 is 1.86 bits per heavy atom. The zero-order valence-corrected chi connectivity index (χ0v) is 7.85. The smallest absolute Gasteiger partial charge is 0.0960 e. The molecule has 14 heavy (non-hydrogen) atoms. The van der Waals surface area contributed by atoms with Crippen LogP contribution in [0.2, 0.25) is 0 Å². The fraction of sp³-hybridized carbons (Fsp3) is 0.0769. The molecule has 0 heterocycles. The van der Waals surface area contributed by atoms with Crippen molar-refractivity contribution in [2.45, 2.75) is 6.42 Å². The molecule has 0 saturated carbocycles. The van der Waals surface area contributed by atoms with Crippen LogP contribution in [0.25, 0.3) is 5.57 Å². The fourth-order valence-corrected chi connectivity index (χ4v) is 1.46. The Labute approximate surface area is 83.7 Å². The van der Waals surface area contributed by atoms with Crippen molar-refractivity contribution in [3.63, 3.8) is 0 Å². The second kappa shape index (κ2) is 3.97. The number of benzene rings is 1. The summed E-state index contributed by atoms with van der Waals surface area (Å²) in [4.78, 5) is 0. The molecule has 0 bridgehead atoms. The molecular weight excluding hydrogens is 172 g/mol. The van der Waals surface area contributed by atoms with Crippen molar-refractivity contribution in [2.75, 3.05) is 0 Å². The van der Waals surface area contributed by atoms with Gasteiger partial charge in [0.25, 0.3) is 0 Å². The second-order valence-corrected chi connectivity index (χ2v) is 3.25. The predicted molar refractivity (Wildman–Crippen MR) is 58.9 cm³/mol. The summed E-state index contributed by atoms with van der Waals surface area (Å²) >= 11 is 0. The molecule has 0 saturated heterocycles. The number of hydrogen-bond acceptors (Lipinski definition) is 1. The number of aliphatic hydroxyl groups excluding tert-OH is 1. The van der Waals surface area contributed by atoms with Crippen LogP contribution in [0.3, 0.4) is 0 Å². The molecule has 1 N–H and O–H groups in total. The van der Waals surface area contributed by atoms with Gasteiger partial charge in [-0.3, -0.25) is 0 Å². The third kappa shape index (κ3) is 1.94. The van der Waals surface area contributed by atoms with Crippen LogP contribution in [-0.2, 0) is 0 Å². The first kappa shape index (κ1) is 8.82. The molecule has 0 radical (unpaired) electrons. The SMILES string of the molecule is OC1=CC=CC(c2ccccc2)=CC1. The summed E-state index contributed by atoms with van der Waals surface area (Å²) in [6, 6.07) is 10.2. The molecule has 0 atom stereocenters. The first-order valence-corrected chi connectivity index (χ1v) is 4.68. The van der Waals surface area contributed by atoms with Gasteiger partial charge in [0, 0.05) is 6.42 Å². The van der Waals surface area contributed by atoms with Crippen molar-refractivity contribution < 1.29 is 5.11 Å². The average Bonchev–Trinajstić information content (AvgIpc) is 2.44. The van der Waals surface area contributed by atoms with Crippen LogP contribution >= 0.6 is 0 Å². The van der Waals surface area contributed by atoms with Crippen molar-refractivity contribution in [3.8, 4) is 0 Å². The molecule has 1 heteroatoms. The van der Waals surface area contributed by atoms with E-state index < -0.39 is 0 Å². The van der Waals surface area contributed by atoms with Gasteiger partial charge in [-0.2, -0.15) is 0 Å². The van der Waals surface area contributed by atoms with Gasteiger partial charge >= 0.3 is 0 Å². The molecule has 0 spiro atoms. The molecule has 0 unspecified atom stereocenters. The van der Waals surface area contributed by atoms with Crippen molar-refractivity contribution in [2.24, 2.45) is 0 Å². The quantitative estimate of drug-likeness (QED) is 0.708. The highest BCUT2D eigenvalue weighted by Crippen LogP contribution is 2.19. The Balaban J connectivity index is 2.30. The number of allylic oxidation sites excluding steroid dienone is 5. The lowest BCUT2D eigenvalue weighted by molar-refractivity contribution is 0.402. The first-order valence-electron chi connectivity index (χ1n) is 4.68. The monoisotopic (exact) mass is 184 g/mol. The average molecular weight is 184 g/mol. The van der Waals surface area contributed by atoms with Crippen LogP contribution in [0, 0.1) is 0 Å². The maximum absolute atomic E-state index is 9.32. The van der Waals surface area contributed by atoms with Crippen molar-refractivity contribution in [1.82, 2.24) is 0 Å². The molecule has 70 valence electrons. The zero-order chi connectivity index (χ0) is 9.80. The lowest BCUT2D eigenvalue weighted by atomic mass is 10.1. The van der Waals surface area contributed by atoms with Gasteiger partial charge in [0.15, 0.2) is 0 Å². The van der Waals surface area contributed by atoms with E-state index >= 15 is 0 Å². The van der Waals surface area contributed by atoms with Crippen LogP contribution in [0.4, 0.5) is 0 Å². The van der Waals surface area contributed by atoms with Crippen LogP contribution < -0.4 is 0 Å². The summed E-state index contributed by atoms with van der Waals surface area (Å²) in [5.74, 6) is 0.409. The van der Waals surface area contributed by atoms with Crippen molar-refractivity contribution in [1.29, 1.82) is 0 Å². The number of hydrogen-bond donors (Lipinski definition) is 1. The molecule has 0 fully saturated rings. The Morgan fingerprint density at radius 1 is 1.07 bits per heavy atom. The van der Waals surface area contributed by atoms with E-state index in [-0.39, 0.29) is 0 Å². The van der Waals surface area contributed by atoms with Gasteiger partial charge in [0.05, 0.1) is 5.76 Å². The Bertz CT molecular complexity index is 397. The van der Waals surface area contributed by atoms with Crippen molar-refractivity contribution >= 4 is 5.57 Å². The lowest BCUT2D eigenvalue weighted by Crippen LogP contribution is -1.80. The summed E-state index contributed by atoms with van der Waals surface area (Å²) in [5, 5.41) is 9.32. The van der Waals surface area contributed by atoms with Gasteiger partial charge in [-0.05, 0) is 17.2 Å². The van der Waals surface area contributed by atoms with Crippen LogP contribution in [-0.4, -0.2) is 5.11 Å². The van der Waals surface area contributed by atoms with E-state index in [2.05, 4.69) is 12.1 Å². The maximum Gasteiger partial charge on any atom is 0.0960 e. The third-order valence-electron chi connectivity index (χ3n) is 2.20. The summed E-state index contributed by atoms with van der Waals surface area (Å²) < 4.78 is 0. The van der Waals surface area contributed by atoms with Gasteiger partial charge in [-0.1, -0.05) is 48.6 Å². The molecule has 0 aromatic heterocycles. The van der Waals surface area contributed by atoms with Crippen LogP contribution in [0.15, 0.2) is 60.4 Å². The summed E-state index contributed by atoms with van der Waals surface area (Å²) in [7, 11) is 0. The molecular formula is C13H12O. The zero-order valence-electron chi connectivity index (χ0n) is 7.85. The predicted octanol–water partition coefficient (Wildman–Crippen LogP) is 3.47. The molecule has 1 aromatic rings. The standard InChI is InChI=1S/C13H12O/c14-13-8-4-7-12(9-10-13)11-5-2-1-3-6-11/h1-9,14H,10H2. The Morgan fingerprint density at radius 3 is 2.64 bits per heavy atom. The minimum absolute atomic E-state index is 0.409. The molecule has 1 aliphatic rings. The Kier molecular flexibility index (Phi) is 2.50.